The Labute approximate surface area is 112 Å². The van der Waals surface area contributed by atoms with Gasteiger partial charge in [-0.25, -0.2) is 0 Å². The zero-order valence-corrected chi connectivity index (χ0v) is 12.2. The molecule has 0 radical (unpaired) electrons. The van der Waals surface area contributed by atoms with Gasteiger partial charge in [0.2, 0.25) is 0 Å². The summed E-state index contributed by atoms with van der Waals surface area (Å²) in [6.45, 7) is 6.69. The lowest BCUT2D eigenvalue weighted by Gasteiger charge is -2.19. The lowest BCUT2D eigenvalue weighted by Crippen LogP contribution is -2.21. The van der Waals surface area contributed by atoms with Gasteiger partial charge in [-0.05, 0) is 50.6 Å². The Morgan fingerprint density at radius 3 is 2.71 bits per heavy atom. The summed E-state index contributed by atoms with van der Waals surface area (Å²) in [6.07, 6.45) is 2.49. The summed E-state index contributed by atoms with van der Waals surface area (Å²) in [5, 5.41) is 0. The highest BCUT2D eigenvalue weighted by Gasteiger charge is 2.04. The average molecular weight is 251 g/mol. The first-order valence-electron chi connectivity index (χ1n) is 6.46. The fraction of sp³-hybridized carbons (Fsp3) is 0.600. The molecule has 0 saturated heterocycles. The molecule has 1 unspecified atom stereocenters. The van der Waals surface area contributed by atoms with Crippen LogP contribution in [0.4, 0.5) is 0 Å². The maximum Gasteiger partial charge on any atom is 0.0230 e. The number of rotatable bonds is 7. The Balaban J connectivity index is 2.32. The van der Waals surface area contributed by atoms with Crippen LogP contribution in [0.2, 0.25) is 0 Å². The van der Waals surface area contributed by atoms with Crippen LogP contribution in [0, 0.1) is 12.8 Å². The molecule has 0 heterocycles. The van der Waals surface area contributed by atoms with E-state index in [1.165, 1.54) is 30.5 Å². The molecule has 1 rings (SSSR count). The average Bonchev–Trinajstić information content (AvgIpc) is 2.27. The summed E-state index contributed by atoms with van der Waals surface area (Å²) in [7, 11) is 2.20. The minimum atomic E-state index is 0.785. The molecule has 2 heteroatoms. The minimum Gasteiger partial charge on any atom is -0.302 e. The summed E-state index contributed by atoms with van der Waals surface area (Å²) in [5.74, 6) is 1.79. The highest BCUT2D eigenvalue weighted by molar-refractivity contribution is 7.80. The Bertz CT molecular complexity index is 324. The molecule has 0 fully saturated rings. The van der Waals surface area contributed by atoms with E-state index in [2.05, 4.69) is 62.7 Å². The lowest BCUT2D eigenvalue weighted by molar-refractivity contribution is 0.297. The summed E-state index contributed by atoms with van der Waals surface area (Å²) in [5.41, 5.74) is 2.76. The molecule has 0 N–H and O–H groups in total. The van der Waals surface area contributed by atoms with Gasteiger partial charge in [0.1, 0.15) is 0 Å². The topological polar surface area (TPSA) is 3.24 Å². The van der Waals surface area contributed by atoms with Crippen molar-refractivity contribution < 1.29 is 0 Å². The first-order valence-corrected chi connectivity index (χ1v) is 7.10. The Morgan fingerprint density at radius 1 is 1.29 bits per heavy atom. The maximum atomic E-state index is 4.28. The van der Waals surface area contributed by atoms with Crippen molar-refractivity contribution in [2.75, 3.05) is 19.3 Å². The molecule has 0 aliphatic rings. The van der Waals surface area contributed by atoms with Gasteiger partial charge in [0, 0.05) is 6.54 Å². The number of hydrogen-bond donors (Lipinski definition) is 1. The van der Waals surface area contributed by atoms with Crippen molar-refractivity contribution in [3.63, 3.8) is 0 Å². The third-order valence-electron chi connectivity index (χ3n) is 3.16. The van der Waals surface area contributed by atoms with Crippen LogP contribution in [0.1, 0.15) is 30.9 Å². The fourth-order valence-corrected chi connectivity index (χ4v) is 2.45. The molecule has 0 aliphatic heterocycles. The maximum absolute atomic E-state index is 4.28. The number of nitrogens with zero attached hydrogens (tertiary/aromatic N) is 1. The van der Waals surface area contributed by atoms with Crippen molar-refractivity contribution in [3.8, 4) is 0 Å². The van der Waals surface area contributed by atoms with Gasteiger partial charge in [0.25, 0.3) is 0 Å². The summed E-state index contributed by atoms with van der Waals surface area (Å²) in [4.78, 5) is 2.41. The van der Waals surface area contributed by atoms with E-state index in [1.54, 1.807) is 0 Å². The van der Waals surface area contributed by atoms with Gasteiger partial charge in [-0.3, -0.25) is 0 Å². The van der Waals surface area contributed by atoms with E-state index in [0.29, 0.717) is 0 Å². The summed E-state index contributed by atoms with van der Waals surface area (Å²) in [6, 6.07) is 8.77. The van der Waals surface area contributed by atoms with Crippen LogP contribution >= 0.6 is 12.6 Å². The van der Waals surface area contributed by atoms with Crippen molar-refractivity contribution in [2.45, 2.75) is 33.2 Å². The molecule has 0 amide bonds. The molecule has 0 aliphatic carbocycles. The SMILES string of the molecule is Cc1cccc(CN(C)CCC(C)CCS)c1. The molecule has 0 spiro atoms. The van der Waals surface area contributed by atoms with Gasteiger partial charge >= 0.3 is 0 Å². The second-order valence-corrected chi connectivity index (χ2v) is 5.58. The molecule has 17 heavy (non-hydrogen) atoms. The zero-order chi connectivity index (χ0) is 12.7. The van der Waals surface area contributed by atoms with Crippen molar-refractivity contribution in [2.24, 2.45) is 5.92 Å². The van der Waals surface area contributed by atoms with Crippen LogP contribution in [0.25, 0.3) is 0 Å². The molecular formula is C15H25NS. The molecule has 0 aromatic heterocycles. The molecule has 0 bridgehead atoms. The highest BCUT2D eigenvalue weighted by atomic mass is 32.1. The molecular weight excluding hydrogens is 226 g/mol. The fourth-order valence-electron chi connectivity index (χ4n) is 2.01. The van der Waals surface area contributed by atoms with E-state index in [0.717, 1.165) is 18.2 Å². The van der Waals surface area contributed by atoms with E-state index in [1.807, 2.05) is 0 Å². The van der Waals surface area contributed by atoms with E-state index in [-0.39, 0.29) is 0 Å². The smallest absolute Gasteiger partial charge is 0.0230 e. The summed E-state index contributed by atoms with van der Waals surface area (Å²) >= 11 is 4.28. The Hall–Kier alpha value is -0.470. The largest absolute Gasteiger partial charge is 0.302 e. The number of hydrogen-bond acceptors (Lipinski definition) is 2. The Kier molecular flexibility index (Phi) is 6.68. The van der Waals surface area contributed by atoms with Crippen molar-refractivity contribution in [3.05, 3.63) is 35.4 Å². The normalized spacial score (nSPS) is 13.0. The quantitative estimate of drug-likeness (QED) is 0.722. The van der Waals surface area contributed by atoms with Gasteiger partial charge in [-0.15, -0.1) is 0 Å². The molecule has 1 atom stereocenters. The predicted octanol–water partition coefficient (Wildman–Crippen LogP) is 3.77. The second kappa shape index (κ2) is 7.78. The first-order chi connectivity index (χ1) is 8.11. The van der Waals surface area contributed by atoms with Crippen LogP contribution in [0.5, 0.6) is 0 Å². The number of benzene rings is 1. The third kappa shape index (κ3) is 6.13. The van der Waals surface area contributed by atoms with Crippen LogP contribution < -0.4 is 0 Å². The van der Waals surface area contributed by atoms with E-state index < -0.39 is 0 Å². The molecule has 1 nitrogen and oxygen atoms in total. The van der Waals surface area contributed by atoms with E-state index in [9.17, 15) is 0 Å². The van der Waals surface area contributed by atoms with Crippen molar-refractivity contribution in [1.82, 2.24) is 4.90 Å². The summed E-state index contributed by atoms with van der Waals surface area (Å²) < 4.78 is 0. The molecule has 1 aromatic rings. The van der Waals surface area contributed by atoms with Crippen LogP contribution in [-0.2, 0) is 6.54 Å². The molecule has 0 saturated carbocycles. The van der Waals surface area contributed by atoms with Gasteiger partial charge in [0.05, 0.1) is 0 Å². The standard InChI is InChI=1S/C15H25NS/c1-13(8-10-17)7-9-16(3)12-15-6-4-5-14(2)11-15/h4-6,11,13,17H,7-10,12H2,1-3H3. The lowest BCUT2D eigenvalue weighted by atomic mass is 10.0. The van der Waals surface area contributed by atoms with Gasteiger partial charge in [-0.2, -0.15) is 12.6 Å². The van der Waals surface area contributed by atoms with Gasteiger partial charge < -0.3 is 4.90 Å². The second-order valence-electron chi connectivity index (χ2n) is 5.13. The number of aryl methyl sites for hydroxylation is 1. The van der Waals surface area contributed by atoms with Crippen LogP contribution in [-0.4, -0.2) is 24.2 Å². The van der Waals surface area contributed by atoms with Crippen LogP contribution in [0.15, 0.2) is 24.3 Å². The van der Waals surface area contributed by atoms with Gasteiger partial charge in [-0.1, -0.05) is 36.8 Å². The Morgan fingerprint density at radius 2 is 2.06 bits per heavy atom. The minimum absolute atomic E-state index is 0.785. The number of thiol groups is 1. The highest BCUT2D eigenvalue weighted by Crippen LogP contribution is 2.11. The molecule has 96 valence electrons. The van der Waals surface area contributed by atoms with Gasteiger partial charge in [0.15, 0.2) is 0 Å². The van der Waals surface area contributed by atoms with Crippen LogP contribution in [0.3, 0.4) is 0 Å². The third-order valence-corrected chi connectivity index (χ3v) is 3.42. The zero-order valence-electron chi connectivity index (χ0n) is 11.3. The van der Waals surface area contributed by atoms with Crippen molar-refractivity contribution >= 4 is 12.6 Å². The predicted molar refractivity (Wildman–Crippen MR) is 79.8 cm³/mol. The van der Waals surface area contributed by atoms with E-state index >= 15 is 0 Å². The monoisotopic (exact) mass is 251 g/mol. The molecule has 1 aromatic carbocycles. The van der Waals surface area contributed by atoms with E-state index in [4.69, 9.17) is 0 Å². The van der Waals surface area contributed by atoms with Crippen molar-refractivity contribution in [1.29, 1.82) is 0 Å². The first kappa shape index (κ1) is 14.6.